The molecule has 0 saturated carbocycles. The Bertz CT molecular complexity index is 747. The molecule has 24 heavy (non-hydrogen) atoms. The quantitative estimate of drug-likeness (QED) is 0.472. The SMILES string of the molecule is NC(=O)c1ccc(NC(=O)COC(=O)CSc2nnc(N)s2)cc1. The minimum absolute atomic E-state index is 0.00474. The molecule has 0 unspecified atom stereocenters. The minimum atomic E-state index is -0.562. The second-order valence-electron chi connectivity index (χ2n) is 4.35. The van der Waals surface area contributed by atoms with Crippen molar-refractivity contribution in [1.82, 2.24) is 10.2 Å². The Hall–Kier alpha value is -2.66. The van der Waals surface area contributed by atoms with E-state index in [-0.39, 0.29) is 5.75 Å². The maximum atomic E-state index is 11.7. The summed E-state index contributed by atoms with van der Waals surface area (Å²) in [4.78, 5) is 34.2. The third-order valence-corrected chi connectivity index (χ3v) is 4.41. The lowest BCUT2D eigenvalue weighted by atomic mass is 10.2. The molecule has 0 spiro atoms. The van der Waals surface area contributed by atoms with Crippen LogP contribution in [0, 0.1) is 0 Å². The van der Waals surface area contributed by atoms with Crippen molar-refractivity contribution in [3.63, 3.8) is 0 Å². The average Bonchev–Trinajstić information content (AvgIpc) is 2.97. The molecule has 9 nitrogen and oxygen atoms in total. The summed E-state index contributed by atoms with van der Waals surface area (Å²) in [5.41, 5.74) is 11.3. The number of nitrogens with zero attached hydrogens (tertiary/aromatic N) is 2. The maximum Gasteiger partial charge on any atom is 0.316 e. The summed E-state index contributed by atoms with van der Waals surface area (Å²) in [5.74, 6) is -1.63. The second-order valence-corrected chi connectivity index (χ2v) is 6.58. The highest BCUT2D eigenvalue weighted by molar-refractivity contribution is 8.01. The smallest absolute Gasteiger partial charge is 0.316 e. The largest absolute Gasteiger partial charge is 0.455 e. The predicted octanol–water partition coefficient (Wildman–Crippen LogP) is 0.493. The first kappa shape index (κ1) is 17.7. The number of esters is 1. The first-order chi connectivity index (χ1) is 11.4. The molecule has 1 aromatic carbocycles. The Morgan fingerprint density at radius 1 is 1.21 bits per heavy atom. The van der Waals surface area contributed by atoms with E-state index in [4.69, 9.17) is 16.2 Å². The molecule has 0 fully saturated rings. The van der Waals surface area contributed by atoms with Crippen LogP contribution in [0.3, 0.4) is 0 Å². The van der Waals surface area contributed by atoms with Crippen molar-refractivity contribution in [2.75, 3.05) is 23.4 Å². The van der Waals surface area contributed by atoms with Crippen molar-refractivity contribution in [1.29, 1.82) is 0 Å². The van der Waals surface area contributed by atoms with Gasteiger partial charge in [-0.1, -0.05) is 23.1 Å². The number of hydrogen-bond acceptors (Lipinski definition) is 9. The van der Waals surface area contributed by atoms with Gasteiger partial charge in [-0.15, -0.1) is 10.2 Å². The van der Waals surface area contributed by atoms with Crippen molar-refractivity contribution in [2.24, 2.45) is 5.73 Å². The van der Waals surface area contributed by atoms with Crippen LogP contribution >= 0.6 is 23.1 Å². The molecule has 0 radical (unpaired) electrons. The molecular weight excluding hydrogens is 354 g/mol. The van der Waals surface area contributed by atoms with E-state index in [9.17, 15) is 14.4 Å². The van der Waals surface area contributed by atoms with Crippen molar-refractivity contribution in [2.45, 2.75) is 4.34 Å². The van der Waals surface area contributed by atoms with Gasteiger partial charge in [0.2, 0.25) is 11.0 Å². The number of anilines is 2. The van der Waals surface area contributed by atoms with Crippen molar-refractivity contribution in [3.8, 4) is 0 Å². The van der Waals surface area contributed by atoms with Crippen LogP contribution < -0.4 is 16.8 Å². The number of ether oxygens (including phenoxy) is 1. The number of carbonyl (C=O) groups is 3. The summed E-state index contributed by atoms with van der Waals surface area (Å²) in [6.07, 6.45) is 0. The van der Waals surface area contributed by atoms with E-state index in [1.165, 1.54) is 24.3 Å². The van der Waals surface area contributed by atoms with Gasteiger partial charge in [-0.25, -0.2) is 0 Å². The fourth-order valence-electron chi connectivity index (χ4n) is 1.50. The van der Waals surface area contributed by atoms with Crippen LogP contribution in [0.15, 0.2) is 28.6 Å². The van der Waals surface area contributed by atoms with E-state index in [1.807, 2.05) is 0 Å². The van der Waals surface area contributed by atoms with Gasteiger partial charge in [-0.2, -0.15) is 0 Å². The molecule has 5 N–H and O–H groups in total. The average molecular weight is 367 g/mol. The number of amides is 2. The lowest BCUT2D eigenvalue weighted by Crippen LogP contribution is -2.21. The fourth-order valence-corrected chi connectivity index (χ4v) is 2.94. The summed E-state index contributed by atoms with van der Waals surface area (Å²) in [6.45, 7) is -0.421. The number of aromatic nitrogens is 2. The molecule has 0 saturated heterocycles. The number of primary amides is 1. The van der Waals surface area contributed by atoms with Gasteiger partial charge >= 0.3 is 5.97 Å². The molecule has 0 bridgehead atoms. The van der Waals surface area contributed by atoms with Crippen molar-refractivity contribution >= 4 is 51.7 Å². The number of nitrogen functional groups attached to an aromatic ring is 1. The third kappa shape index (κ3) is 5.52. The van der Waals surface area contributed by atoms with Gasteiger partial charge in [-0.3, -0.25) is 14.4 Å². The van der Waals surface area contributed by atoms with Crippen LogP contribution in [0.1, 0.15) is 10.4 Å². The molecule has 0 atom stereocenters. The van der Waals surface area contributed by atoms with E-state index < -0.39 is 24.4 Å². The number of thioether (sulfide) groups is 1. The zero-order valence-corrected chi connectivity index (χ0v) is 13.9. The van der Waals surface area contributed by atoms with Gasteiger partial charge in [0.1, 0.15) is 0 Å². The van der Waals surface area contributed by atoms with E-state index in [0.717, 1.165) is 23.1 Å². The summed E-state index contributed by atoms with van der Waals surface area (Å²) in [7, 11) is 0. The summed E-state index contributed by atoms with van der Waals surface area (Å²) >= 11 is 2.28. The maximum absolute atomic E-state index is 11.7. The second kappa shape index (κ2) is 8.26. The lowest BCUT2D eigenvalue weighted by molar-refractivity contribution is -0.144. The summed E-state index contributed by atoms with van der Waals surface area (Å²) in [5, 5.41) is 10.2. The zero-order valence-electron chi connectivity index (χ0n) is 12.2. The highest BCUT2D eigenvalue weighted by Crippen LogP contribution is 2.23. The van der Waals surface area contributed by atoms with Gasteiger partial charge in [0.15, 0.2) is 10.9 Å². The van der Waals surface area contributed by atoms with Crippen LogP contribution in [0.5, 0.6) is 0 Å². The molecule has 0 aliphatic heterocycles. The van der Waals surface area contributed by atoms with Crippen molar-refractivity contribution in [3.05, 3.63) is 29.8 Å². The number of hydrogen-bond donors (Lipinski definition) is 3. The third-order valence-electron chi connectivity index (χ3n) is 2.55. The normalized spacial score (nSPS) is 10.2. The minimum Gasteiger partial charge on any atom is -0.455 e. The highest BCUT2D eigenvalue weighted by Gasteiger charge is 2.11. The monoisotopic (exact) mass is 367 g/mol. The summed E-state index contributed by atoms with van der Waals surface area (Å²) in [6, 6.07) is 6.01. The van der Waals surface area contributed by atoms with Crippen LogP contribution in [-0.2, 0) is 14.3 Å². The molecule has 2 rings (SSSR count). The fraction of sp³-hybridized carbons (Fsp3) is 0.154. The molecule has 2 aromatic rings. The predicted molar refractivity (Wildman–Crippen MR) is 89.6 cm³/mol. The molecule has 1 aromatic heterocycles. The van der Waals surface area contributed by atoms with E-state index >= 15 is 0 Å². The van der Waals surface area contributed by atoms with E-state index in [1.54, 1.807) is 0 Å². The van der Waals surface area contributed by atoms with E-state index in [0.29, 0.717) is 20.7 Å². The molecule has 2 amide bonds. The highest BCUT2D eigenvalue weighted by atomic mass is 32.2. The van der Waals surface area contributed by atoms with Crippen LogP contribution in [-0.4, -0.2) is 40.3 Å². The van der Waals surface area contributed by atoms with Gasteiger partial charge in [0.25, 0.3) is 5.91 Å². The van der Waals surface area contributed by atoms with Crippen LogP contribution in [0.2, 0.25) is 0 Å². The van der Waals surface area contributed by atoms with Crippen LogP contribution in [0.4, 0.5) is 10.8 Å². The Balaban J connectivity index is 1.72. The lowest BCUT2D eigenvalue weighted by Gasteiger charge is -2.06. The molecular formula is C13H13N5O4S2. The van der Waals surface area contributed by atoms with Gasteiger partial charge in [0, 0.05) is 11.3 Å². The Morgan fingerprint density at radius 2 is 1.92 bits per heavy atom. The number of nitrogens with two attached hydrogens (primary N) is 2. The first-order valence-electron chi connectivity index (χ1n) is 6.51. The van der Waals surface area contributed by atoms with Crippen LogP contribution in [0.25, 0.3) is 0 Å². The number of nitrogens with one attached hydrogen (secondary N) is 1. The Labute approximate surface area is 144 Å². The molecule has 11 heteroatoms. The number of rotatable bonds is 7. The zero-order chi connectivity index (χ0) is 17.5. The van der Waals surface area contributed by atoms with Gasteiger partial charge in [0.05, 0.1) is 5.75 Å². The number of benzene rings is 1. The standard InChI is InChI=1S/C13H13N5O4S2/c14-11(21)7-1-3-8(4-2-7)16-9(19)5-22-10(20)6-23-13-18-17-12(15)24-13/h1-4H,5-6H2,(H2,14,21)(H2,15,17)(H,16,19). The summed E-state index contributed by atoms with van der Waals surface area (Å²) < 4.78 is 5.39. The van der Waals surface area contributed by atoms with Gasteiger partial charge in [-0.05, 0) is 24.3 Å². The Morgan fingerprint density at radius 3 is 2.50 bits per heavy atom. The van der Waals surface area contributed by atoms with Gasteiger partial charge < -0.3 is 21.5 Å². The topological polar surface area (TPSA) is 150 Å². The first-order valence-corrected chi connectivity index (χ1v) is 8.31. The molecule has 126 valence electrons. The molecule has 0 aliphatic rings. The number of carbonyl (C=O) groups excluding carboxylic acids is 3. The Kier molecular flexibility index (Phi) is 6.09. The van der Waals surface area contributed by atoms with E-state index in [2.05, 4.69) is 15.5 Å². The molecule has 1 heterocycles. The van der Waals surface area contributed by atoms with Crippen molar-refractivity contribution < 1.29 is 19.1 Å². The molecule has 0 aliphatic carbocycles.